The van der Waals surface area contributed by atoms with E-state index in [-0.39, 0.29) is 11.8 Å². The summed E-state index contributed by atoms with van der Waals surface area (Å²) in [7, 11) is 0. The molecule has 2 aliphatic heterocycles. The van der Waals surface area contributed by atoms with Crippen molar-refractivity contribution in [2.45, 2.75) is 0 Å². The van der Waals surface area contributed by atoms with Crippen molar-refractivity contribution in [3.05, 3.63) is 84.2 Å². The molecule has 6 rings (SSSR count). The van der Waals surface area contributed by atoms with Gasteiger partial charge in [0.15, 0.2) is 0 Å². The number of aromatic nitrogens is 4. The smallest absolute Gasteiger partial charge is 0.253 e. The molecule has 2 amide bonds. The van der Waals surface area contributed by atoms with E-state index >= 15 is 0 Å². The topological polar surface area (TPSA) is 95.1 Å². The summed E-state index contributed by atoms with van der Waals surface area (Å²) in [4.78, 5) is 34.0. The van der Waals surface area contributed by atoms with Gasteiger partial charge >= 0.3 is 0 Å². The lowest BCUT2D eigenvalue weighted by Crippen LogP contribution is -2.35. The molecule has 35 heavy (non-hydrogen) atoms. The molecule has 4 aromatic rings. The van der Waals surface area contributed by atoms with Gasteiger partial charge in [-0.1, -0.05) is 36.4 Å². The highest BCUT2D eigenvalue weighted by Gasteiger charge is 2.42. The van der Waals surface area contributed by atoms with Gasteiger partial charge in [0.2, 0.25) is 5.91 Å². The zero-order chi connectivity index (χ0) is 23.8. The highest BCUT2D eigenvalue weighted by molar-refractivity contribution is 5.97. The summed E-state index contributed by atoms with van der Waals surface area (Å²) in [5, 5.41) is 10.7. The lowest BCUT2D eigenvalue weighted by atomic mass is 10.0. The van der Waals surface area contributed by atoms with Gasteiger partial charge in [-0.25, -0.2) is 0 Å². The number of fused-ring (bicyclic) bond motifs is 2. The van der Waals surface area contributed by atoms with Crippen molar-refractivity contribution in [3.8, 4) is 11.1 Å². The minimum Gasteiger partial charge on any atom is -0.338 e. The van der Waals surface area contributed by atoms with Crippen LogP contribution in [0, 0.1) is 11.8 Å². The van der Waals surface area contributed by atoms with Gasteiger partial charge in [0, 0.05) is 61.4 Å². The predicted molar refractivity (Wildman–Crippen MR) is 132 cm³/mol. The number of nitrogens with one attached hydrogen (secondary N) is 1. The van der Waals surface area contributed by atoms with Gasteiger partial charge < -0.3 is 9.80 Å². The van der Waals surface area contributed by atoms with E-state index in [1.165, 1.54) is 0 Å². The van der Waals surface area contributed by atoms with Crippen LogP contribution in [0.2, 0.25) is 0 Å². The van der Waals surface area contributed by atoms with Crippen LogP contribution in [0.5, 0.6) is 0 Å². The minimum atomic E-state index is -0.0114. The van der Waals surface area contributed by atoms with E-state index < -0.39 is 0 Å². The van der Waals surface area contributed by atoms with Crippen molar-refractivity contribution < 1.29 is 9.59 Å². The Morgan fingerprint density at radius 1 is 0.829 bits per heavy atom. The van der Waals surface area contributed by atoms with E-state index in [4.69, 9.17) is 0 Å². The molecule has 0 aliphatic carbocycles. The van der Waals surface area contributed by atoms with Crippen LogP contribution in [0.3, 0.4) is 0 Å². The molecule has 0 saturated carbocycles. The zero-order valence-corrected chi connectivity index (χ0v) is 19.0. The lowest BCUT2D eigenvalue weighted by molar-refractivity contribution is -0.125. The number of likely N-dealkylation sites (tertiary alicyclic amines) is 2. The number of rotatable bonds is 4. The second-order valence-electron chi connectivity index (χ2n) is 9.17. The molecule has 2 aromatic carbocycles. The zero-order valence-electron chi connectivity index (χ0n) is 19.0. The number of amides is 2. The molecule has 8 heteroatoms. The number of carbonyl (C=O) groups is 2. The summed E-state index contributed by atoms with van der Waals surface area (Å²) in [6.45, 7) is 2.66. The van der Waals surface area contributed by atoms with E-state index in [0.29, 0.717) is 49.1 Å². The Balaban J connectivity index is 1.05. The van der Waals surface area contributed by atoms with E-state index in [1.54, 1.807) is 30.4 Å². The third-order valence-electron chi connectivity index (χ3n) is 6.94. The number of carbonyl (C=O) groups excluding carboxylic acids is 2. The molecule has 174 valence electrons. The van der Waals surface area contributed by atoms with Crippen LogP contribution >= 0.6 is 0 Å². The Morgan fingerprint density at radius 2 is 1.57 bits per heavy atom. The molecule has 4 heterocycles. The molecule has 2 aromatic heterocycles. The summed E-state index contributed by atoms with van der Waals surface area (Å²) in [5.41, 5.74) is 4.95. The molecule has 0 radical (unpaired) electrons. The molecule has 1 N–H and O–H groups in total. The van der Waals surface area contributed by atoms with Crippen LogP contribution in [0.1, 0.15) is 16.1 Å². The molecular weight excluding hydrogens is 440 g/mol. The Kier molecular flexibility index (Phi) is 5.33. The van der Waals surface area contributed by atoms with Crippen LogP contribution in [0.4, 0.5) is 0 Å². The number of aromatic amines is 1. The van der Waals surface area contributed by atoms with Gasteiger partial charge in [0.25, 0.3) is 5.91 Å². The molecule has 8 nitrogen and oxygen atoms in total. The van der Waals surface area contributed by atoms with Crippen molar-refractivity contribution in [1.29, 1.82) is 0 Å². The third-order valence-corrected chi connectivity index (χ3v) is 6.94. The van der Waals surface area contributed by atoms with Gasteiger partial charge in [-0.15, -0.1) is 0 Å². The molecular formula is C27H24N6O2. The first kappa shape index (κ1) is 21.2. The second kappa shape index (κ2) is 8.79. The minimum absolute atomic E-state index is 0.00657. The summed E-state index contributed by atoms with van der Waals surface area (Å²) >= 11 is 0. The van der Waals surface area contributed by atoms with Crippen LogP contribution in [-0.4, -0.2) is 68.2 Å². The molecule has 2 aliphatic rings. The van der Waals surface area contributed by atoms with Crippen molar-refractivity contribution in [2.24, 2.45) is 11.8 Å². The second-order valence-corrected chi connectivity index (χ2v) is 9.17. The lowest BCUT2D eigenvalue weighted by Gasteiger charge is -2.21. The van der Waals surface area contributed by atoms with E-state index in [2.05, 4.69) is 20.4 Å². The summed E-state index contributed by atoms with van der Waals surface area (Å²) in [6.07, 6.45) is 5.19. The van der Waals surface area contributed by atoms with Gasteiger partial charge in [-0.3, -0.25) is 14.6 Å². The number of nitrogens with zero attached hydrogens (tertiary/aromatic N) is 5. The molecule has 2 fully saturated rings. The Bertz CT molecular complexity index is 1400. The SMILES string of the molecule is O=C(C=Cc1ccc(-c2ccccc2)cn1)N1CC2CN(C(=O)c3ccc4n[nH]nc4c3)CC2C1. The summed E-state index contributed by atoms with van der Waals surface area (Å²) in [5.74, 6) is 0.598. The Morgan fingerprint density at radius 3 is 2.31 bits per heavy atom. The van der Waals surface area contributed by atoms with Crippen LogP contribution in [-0.2, 0) is 4.79 Å². The number of hydrogen-bond donors (Lipinski definition) is 1. The van der Waals surface area contributed by atoms with Gasteiger partial charge in [0.05, 0.1) is 5.69 Å². The average Bonchev–Trinajstić information content (AvgIpc) is 3.62. The fourth-order valence-electron chi connectivity index (χ4n) is 5.06. The summed E-state index contributed by atoms with van der Waals surface area (Å²) < 4.78 is 0. The van der Waals surface area contributed by atoms with Gasteiger partial charge in [-0.05, 0) is 35.9 Å². The maximum absolute atomic E-state index is 13.0. The summed E-state index contributed by atoms with van der Waals surface area (Å²) in [6, 6.07) is 19.4. The van der Waals surface area contributed by atoms with Crippen LogP contribution in [0.25, 0.3) is 28.2 Å². The third kappa shape index (κ3) is 4.19. The number of H-pyrrole nitrogens is 1. The first-order chi connectivity index (χ1) is 17.1. The normalized spacial score (nSPS) is 19.5. The fraction of sp³-hybridized carbons (Fsp3) is 0.222. The molecule has 2 unspecified atom stereocenters. The number of benzene rings is 2. The highest BCUT2D eigenvalue weighted by Crippen LogP contribution is 2.32. The number of pyridine rings is 1. The Hall–Kier alpha value is -4.33. The number of hydrogen-bond acceptors (Lipinski definition) is 5. The van der Waals surface area contributed by atoms with Crippen molar-refractivity contribution >= 4 is 28.9 Å². The van der Waals surface area contributed by atoms with Gasteiger partial charge in [0.1, 0.15) is 11.0 Å². The largest absolute Gasteiger partial charge is 0.338 e. The van der Waals surface area contributed by atoms with Crippen LogP contribution < -0.4 is 0 Å². The molecule has 2 saturated heterocycles. The highest BCUT2D eigenvalue weighted by atomic mass is 16.2. The predicted octanol–water partition coefficient (Wildman–Crippen LogP) is 3.26. The fourth-order valence-corrected chi connectivity index (χ4v) is 5.06. The van der Waals surface area contributed by atoms with E-state index in [1.807, 2.05) is 58.5 Å². The first-order valence-electron chi connectivity index (χ1n) is 11.7. The first-order valence-corrected chi connectivity index (χ1v) is 11.7. The Labute approximate surface area is 202 Å². The van der Waals surface area contributed by atoms with Crippen molar-refractivity contribution in [3.63, 3.8) is 0 Å². The van der Waals surface area contributed by atoms with Crippen LogP contribution in [0.15, 0.2) is 72.9 Å². The van der Waals surface area contributed by atoms with Crippen molar-refractivity contribution in [2.75, 3.05) is 26.2 Å². The monoisotopic (exact) mass is 464 g/mol. The standard InChI is InChI=1S/C27H24N6O2/c34-26(11-9-23-8-6-20(13-28-23)18-4-2-1-3-5-18)32-14-21-16-33(17-22(21)15-32)27(35)19-7-10-24-25(12-19)30-31-29-24/h1-13,21-22H,14-17H2,(H,29,30,31). The van der Waals surface area contributed by atoms with E-state index in [0.717, 1.165) is 22.3 Å². The molecule has 2 atom stereocenters. The molecule has 0 bridgehead atoms. The maximum Gasteiger partial charge on any atom is 0.253 e. The van der Waals surface area contributed by atoms with Crippen molar-refractivity contribution in [1.82, 2.24) is 30.2 Å². The maximum atomic E-state index is 13.0. The average molecular weight is 465 g/mol. The molecule has 0 spiro atoms. The van der Waals surface area contributed by atoms with Gasteiger partial charge in [-0.2, -0.15) is 15.4 Å². The van der Waals surface area contributed by atoms with E-state index in [9.17, 15) is 9.59 Å². The quantitative estimate of drug-likeness (QED) is 0.468.